The first-order valence-corrected chi connectivity index (χ1v) is 5.48. The van der Waals surface area contributed by atoms with Crippen molar-refractivity contribution in [2.75, 3.05) is 6.61 Å². The molecule has 0 amide bonds. The van der Waals surface area contributed by atoms with E-state index in [0.717, 1.165) is 0 Å². The van der Waals surface area contributed by atoms with Crippen LogP contribution in [0.1, 0.15) is 40.7 Å². The lowest BCUT2D eigenvalue weighted by Gasteiger charge is -2.16. The molecule has 0 radical (unpaired) electrons. The van der Waals surface area contributed by atoms with Crippen LogP contribution in [0.4, 0.5) is 22.0 Å². The maximum atomic E-state index is 12.9. The zero-order chi connectivity index (χ0) is 15.5. The van der Waals surface area contributed by atoms with Crippen molar-refractivity contribution in [3.05, 3.63) is 28.6 Å². The molecule has 0 saturated carbocycles. The van der Waals surface area contributed by atoms with Crippen LogP contribution in [0, 0.1) is 0 Å². The normalized spacial score (nSPS) is 11.8. The largest absolute Gasteiger partial charge is 0.462 e. The molecule has 0 aliphatic carbocycles. The number of ether oxygens (including phenoxy) is 1. The molecule has 0 saturated heterocycles. The minimum Gasteiger partial charge on any atom is -0.462 e. The van der Waals surface area contributed by atoms with Crippen molar-refractivity contribution in [3.8, 4) is 0 Å². The van der Waals surface area contributed by atoms with Gasteiger partial charge in [0.15, 0.2) is 5.69 Å². The van der Waals surface area contributed by atoms with Gasteiger partial charge in [0.25, 0.3) is 6.43 Å². The van der Waals surface area contributed by atoms with E-state index < -0.39 is 41.9 Å². The number of aromatic nitrogens is 1. The third-order valence-corrected chi connectivity index (χ3v) is 2.30. The van der Waals surface area contributed by atoms with E-state index in [1.54, 1.807) is 0 Å². The van der Waals surface area contributed by atoms with E-state index in [4.69, 9.17) is 5.73 Å². The lowest BCUT2D eigenvalue weighted by Crippen LogP contribution is -2.21. The summed E-state index contributed by atoms with van der Waals surface area (Å²) in [5.74, 6) is -1.49. The molecule has 2 N–H and O–H groups in total. The van der Waals surface area contributed by atoms with Gasteiger partial charge in [-0.25, -0.2) is 18.6 Å². The van der Waals surface area contributed by atoms with Gasteiger partial charge in [-0.3, -0.25) is 0 Å². The molecule has 1 aromatic rings. The van der Waals surface area contributed by atoms with Crippen LogP contribution in [-0.4, -0.2) is 17.6 Å². The first-order valence-electron chi connectivity index (χ1n) is 5.48. The third-order valence-electron chi connectivity index (χ3n) is 2.30. The summed E-state index contributed by atoms with van der Waals surface area (Å²) in [6.45, 7) is 0.623. The Morgan fingerprint density at radius 3 is 2.45 bits per heavy atom. The summed E-state index contributed by atoms with van der Waals surface area (Å²) < 4.78 is 68.7. The number of nitrogens with two attached hydrogens (primary N) is 1. The molecule has 0 aromatic carbocycles. The molecule has 112 valence electrons. The topological polar surface area (TPSA) is 65.2 Å². The van der Waals surface area contributed by atoms with Crippen molar-refractivity contribution in [2.45, 2.75) is 26.1 Å². The molecular weight excluding hydrogens is 287 g/mol. The van der Waals surface area contributed by atoms with Gasteiger partial charge < -0.3 is 10.5 Å². The van der Waals surface area contributed by atoms with Gasteiger partial charge in [-0.15, -0.1) is 0 Å². The zero-order valence-electron chi connectivity index (χ0n) is 10.3. The Hall–Kier alpha value is -1.77. The quantitative estimate of drug-likeness (QED) is 0.685. The van der Waals surface area contributed by atoms with Gasteiger partial charge in [-0.05, 0) is 13.0 Å². The number of nitrogens with zero attached hydrogens (tertiary/aromatic N) is 1. The number of carbonyl (C=O) groups excluding carboxylic acids is 1. The molecule has 9 heteroatoms. The number of hydrogen-bond acceptors (Lipinski definition) is 4. The number of rotatable bonds is 4. The molecule has 0 unspecified atom stereocenters. The molecular formula is C11H11F5N2O2. The van der Waals surface area contributed by atoms with Crippen molar-refractivity contribution >= 4 is 5.97 Å². The second-order valence-corrected chi connectivity index (χ2v) is 3.65. The molecule has 1 heterocycles. The smallest absolute Gasteiger partial charge is 0.434 e. The fraction of sp³-hybridized carbons (Fsp3) is 0.455. The van der Waals surface area contributed by atoms with Gasteiger partial charge in [-0.2, -0.15) is 13.2 Å². The number of esters is 1. The fourth-order valence-corrected chi connectivity index (χ4v) is 1.52. The lowest BCUT2D eigenvalue weighted by atomic mass is 10.0. The molecule has 4 nitrogen and oxygen atoms in total. The molecule has 0 aliphatic rings. The molecule has 1 aromatic heterocycles. The Bertz CT molecular complexity index is 502. The Balaban J connectivity index is 3.60. The van der Waals surface area contributed by atoms with E-state index in [1.807, 2.05) is 0 Å². The number of pyridine rings is 1. The maximum Gasteiger partial charge on any atom is 0.434 e. The van der Waals surface area contributed by atoms with Crippen LogP contribution in [0.15, 0.2) is 6.07 Å². The van der Waals surface area contributed by atoms with Crippen LogP contribution < -0.4 is 5.73 Å². The van der Waals surface area contributed by atoms with E-state index in [1.165, 1.54) is 6.92 Å². The molecule has 0 atom stereocenters. The Morgan fingerprint density at radius 2 is 2.05 bits per heavy atom. The van der Waals surface area contributed by atoms with E-state index in [0.29, 0.717) is 6.07 Å². The summed E-state index contributed by atoms with van der Waals surface area (Å²) in [4.78, 5) is 14.6. The Labute approximate surface area is 110 Å². The highest BCUT2D eigenvalue weighted by molar-refractivity contribution is 5.92. The molecule has 0 fully saturated rings. The average molecular weight is 298 g/mol. The first-order chi connectivity index (χ1) is 9.22. The summed E-state index contributed by atoms with van der Waals surface area (Å²) >= 11 is 0. The van der Waals surface area contributed by atoms with Crippen molar-refractivity contribution in [1.82, 2.24) is 4.98 Å². The van der Waals surface area contributed by atoms with E-state index >= 15 is 0 Å². The highest BCUT2D eigenvalue weighted by atomic mass is 19.4. The number of alkyl halides is 5. The van der Waals surface area contributed by atoms with Crippen LogP contribution in [0.5, 0.6) is 0 Å². The van der Waals surface area contributed by atoms with Gasteiger partial charge in [-0.1, -0.05) is 0 Å². The van der Waals surface area contributed by atoms with Gasteiger partial charge >= 0.3 is 12.1 Å². The SMILES string of the molecule is CCOC(=O)c1c(C(F)F)cc(CN)nc1C(F)(F)F. The summed E-state index contributed by atoms with van der Waals surface area (Å²) in [7, 11) is 0. The highest BCUT2D eigenvalue weighted by Gasteiger charge is 2.40. The second-order valence-electron chi connectivity index (χ2n) is 3.65. The van der Waals surface area contributed by atoms with Gasteiger partial charge in [0, 0.05) is 12.1 Å². The Kier molecular flexibility index (Phi) is 4.98. The highest BCUT2D eigenvalue weighted by Crippen LogP contribution is 2.35. The van der Waals surface area contributed by atoms with E-state index in [9.17, 15) is 26.7 Å². The van der Waals surface area contributed by atoms with Gasteiger partial charge in [0.1, 0.15) is 0 Å². The van der Waals surface area contributed by atoms with Crippen molar-refractivity contribution < 1.29 is 31.5 Å². The van der Waals surface area contributed by atoms with Crippen LogP contribution in [-0.2, 0) is 17.5 Å². The standard InChI is InChI=1S/C11H11F5N2O2/c1-2-20-10(19)7-6(9(12)13)3-5(4-17)18-8(7)11(14,15)16/h3,9H,2,4,17H2,1H3. The first kappa shape index (κ1) is 16.3. The second kappa shape index (κ2) is 6.12. The molecule has 0 bridgehead atoms. The monoisotopic (exact) mass is 298 g/mol. The summed E-state index contributed by atoms with van der Waals surface area (Å²) in [5.41, 5.74) is 0.660. The predicted octanol–water partition coefficient (Wildman–Crippen LogP) is 2.67. The lowest BCUT2D eigenvalue weighted by molar-refractivity contribution is -0.142. The van der Waals surface area contributed by atoms with Crippen LogP contribution >= 0.6 is 0 Å². The zero-order valence-corrected chi connectivity index (χ0v) is 10.3. The van der Waals surface area contributed by atoms with Crippen molar-refractivity contribution in [2.24, 2.45) is 5.73 Å². The van der Waals surface area contributed by atoms with Crippen LogP contribution in [0.3, 0.4) is 0 Å². The van der Waals surface area contributed by atoms with Crippen molar-refractivity contribution in [1.29, 1.82) is 0 Å². The van der Waals surface area contributed by atoms with Crippen LogP contribution in [0.2, 0.25) is 0 Å². The van der Waals surface area contributed by atoms with Gasteiger partial charge in [0.2, 0.25) is 0 Å². The average Bonchev–Trinajstić information content (AvgIpc) is 2.36. The number of hydrogen-bond donors (Lipinski definition) is 1. The third kappa shape index (κ3) is 3.41. The number of halogens is 5. The van der Waals surface area contributed by atoms with Crippen molar-refractivity contribution in [3.63, 3.8) is 0 Å². The molecule has 0 aliphatic heterocycles. The fourth-order valence-electron chi connectivity index (χ4n) is 1.52. The Morgan fingerprint density at radius 1 is 1.45 bits per heavy atom. The minimum atomic E-state index is -5.07. The summed E-state index contributed by atoms with van der Waals surface area (Å²) in [6.07, 6.45) is -8.36. The predicted molar refractivity (Wildman–Crippen MR) is 58.0 cm³/mol. The van der Waals surface area contributed by atoms with Gasteiger partial charge in [0.05, 0.1) is 17.9 Å². The maximum absolute atomic E-state index is 12.9. The summed E-state index contributed by atoms with van der Waals surface area (Å²) in [6, 6.07) is 0.673. The van der Waals surface area contributed by atoms with Crippen LogP contribution in [0.25, 0.3) is 0 Å². The summed E-state index contributed by atoms with van der Waals surface area (Å²) in [5, 5.41) is 0. The number of carbonyl (C=O) groups is 1. The van der Waals surface area contributed by atoms with E-state index in [2.05, 4.69) is 9.72 Å². The molecule has 20 heavy (non-hydrogen) atoms. The molecule has 1 rings (SSSR count). The molecule has 0 spiro atoms. The van der Waals surface area contributed by atoms with E-state index in [-0.39, 0.29) is 12.3 Å². The minimum absolute atomic E-state index is 0.253.